The number of carbonyl (C=O) groups is 2. The first kappa shape index (κ1) is 17.3. The number of benzene rings is 1. The van der Waals surface area contributed by atoms with Gasteiger partial charge in [0.25, 0.3) is 5.91 Å². The summed E-state index contributed by atoms with van der Waals surface area (Å²) in [6.07, 6.45) is 4.23. The minimum absolute atomic E-state index is 0.274. The SMILES string of the molecule is COc1ccc(CNC(=O)[C@@H](C)OC(=O)CC2CCCC2)cc1. The van der Waals surface area contributed by atoms with Crippen molar-refractivity contribution in [2.24, 2.45) is 5.92 Å². The van der Waals surface area contributed by atoms with Gasteiger partial charge in [-0.05, 0) is 43.4 Å². The lowest BCUT2D eigenvalue weighted by molar-refractivity contribution is -0.155. The van der Waals surface area contributed by atoms with Crippen LogP contribution in [0.3, 0.4) is 0 Å². The third-order valence-corrected chi connectivity index (χ3v) is 4.23. The summed E-state index contributed by atoms with van der Waals surface area (Å²) in [6, 6.07) is 7.45. The summed E-state index contributed by atoms with van der Waals surface area (Å²) in [5.41, 5.74) is 0.962. The van der Waals surface area contributed by atoms with Crippen molar-refractivity contribution in [1.82, 2.24) is 5.32 Å². The van der Waals surface area contributed by atoms with Crippen molar-refractivity contribution in [2.75, 3.05) is 7.11 Å². The summed E-state index contributed by atoms with van der Waals surface area (Å²) < 4.78 is 10.3. The highest BCUT2D eigenvalue weighted by molar-refractivity contribution is 5.83. The van der Waals surface area contributed by atoms with Crippen molar-refractivity contribution in [2.45, 2.75) is 51.7 Å². The van der Waals surface area contributed by atoms with E-state index in [4.69, 9.17) is 9.47 Å². The number of hydrogen-bond acceptors (Lipinski definition) is 4. The number of rotatable bonds is 7. The average molecular weight is 319 g/mol. The Morgan fingerprint density at radius 2 is 1.87 bits per heavy atom. The highest BCUT2D eigenvalue weighted by Gasteiger charge is 2.22. The van der Waals surface area contributed by atoms with Crippen LogP contribution in [0.5, 0.6) is 5.75 Å². The Morgan fingerprint density at radius 3 is 2.48 bits per heavy atom. The molecular weight excluding hydrogens is 294 g/mol. The molecule has 0 heterocycles. The van der Waals surface area contributed by atoms with Crippen LogP contribution >= 0.6 is 0 Å². The predicted octanol–water partition coefficient (Wildman–Crippen LogP) is 2.82. The van der Waals surface area contributed by atoms with Crippen molar-refractivity contribution in [3.8, 4) is 5.75 Å². The maximum Gasteiger partial charge on any atom is 0.306 e. The molecule has 1 aliphatic rings. The third-order valence-electron chi connectivity index (χ3n) is 4.23. The van der Waals surface area contributed by atoms with E-state index in [9.17, 15) is 9.59 Å². The van der Waals surface area contributed by atoms with E-state index in [0.717, 1.165) is 24.2 Å². The molecule has 1 aliphatic carbocycles. The standard InChI is InChI=1S/C18H25NO4/c1-13(23-17(20)11-14-5-3-4-6-14)18(21)19-12-15-7-9-16(22-2)10-8-15/h7-10,13-14H,3-6,11-12H2,1-2H3,(H,19,21)/t13-/m1/s1. The van der Waals surface area contributed by atoms with Gasteiger partial charge < -0.3 is 14.8 Å². The molecule has 0 saturated heterocycles. The number of ether oxygens (including phenoxy) is 2. The van der Waals surface area contributed by atoms with E-state index in [1.54, 1.807) is 14.0 Å². The first-order chi connectivity index (χ1) is 11.1. The fraction of sp³-hybridized carbons (Fsp3) is 0.556. The lowest BCUT2D eigenvalue weighted by Gasteiger charge is -2.15. The number of methoxy groups -OCH3 is 1. The maximum atomic E-state index is 12.0. The molecule has 1 atom stereocenters. The van der Waals surface area contributed by atoms with Crippen LogP contribution in [0, 0.1) is 5.92 Å². The van der Waals surface area contributed by atoms with E-state index in [1.807, 2.05) is 24.3 Å². The third kappa shape index (κ3) is 5.58. The van der Waals surface area contributed by atoms with Crippen LogP contribution in [0.25, 0.3) is 0 Å². The maximum absolute atomic E-state index is 12.0. The minimum Gasteiger partial charge on any atom is -0.497 e. The monoisotopic (exact) mass is 319 g/mol. The lowest BCUT2D eigenvalue weighted by Crippen LogP contribution is -2.35. The van der Waals surface area contributed by atoms with E-state index in [-0.39, 0.29) is 11.9 Å². The van der Waals surface area contributed by atoms with Gasteiger partial charge in [0, 0.05) is 13.0 Å². The largest absolute Gasteiger partial charge is 0.497 e. The summed E-state index contributed by atoms with van der Waals surface area (Å²) in [4.78, 5) is 23.8. The van der Waals surface area contributed by atoms with E-state index in [2.05, 4.69) is 5.32 Å². The molecule has 0 unspecified atom stereocenters. The number of hydrogen-bond donors (Lipinski definition) is 1. The molecule has 0 aromatic heterocycles. The second-order valence-electron chi connectivity index (χ2n) is 6.05. The van der Waals surface area contributed by atoms with Gasteiger partial charge in [-0.1, -0.05) is 25.0 Å². The normalized spacial score (nSPS) is 15.9. The molecule has 23 heavy (non-hydrogen) atoms. The molecule has 1 N–H and O–H groups in total. The number of nitrogens with one attached hydrogen (secondary N) is 1. The minimum atomic E-state index is -0.762. The second-order valence-corrected chi connectivity index (χ2v) is 6.05. The van der Waals surface area contributed by atoms with Crippen molar-refractivity contribution in [1.29, 1.82) is 0 Å². The fourth-order valence-corrected chi connectivity index (χ4v) is 2.83. The van der Waals surface area contributed by atoms with E-state index < -0.39 is 6.10 Å². The molecule has 5 heteroatoms. The molecular formula is C18H25NO4. The van der Waals surface area contributed by atoms with Crippen molar-refractivity contribution in [3.63, 3.8) is 0 Å². The summed E-state index contributed by atoms with van der Waals surface area (Å²) in [6.45, 7) is 2.00. The molecule has 0 aliphatic heterocycles. The van der Waals surface area contributed by atoms with Crippen molar-refractivity contribution < 1.29 is 19.1 Å². The van der Waals surface area contributed by atoms with Crippen molar-refractivity contribution >= 4 is 11.9 Å². The molecule has 1 fully saturated rings. The molecule has 0 bridgehead atoms. The Hall–Kier alpha value is -2.04. The van der Waals surface area contributed by atoms with Gasteiger partial charge in [-0.2, -0.15) is 0 Å². The zero-order chi connectivity index (χ0) is 16.7. The number of esters is 1. The van der Waals surface area contributed by atoms with Crippen LogP contribution in [0.2, 0.25) is 0 Å². The zero-order valence-electron chi connectivity index (χ0n) is 13.8. The second kappa shape index (κ2) is 8.56. The van der Waals surface area contributed by atoms with Crippen LogP contribution in [0.15, 0.2) is 24.3 Å². The Kier molecular flexibility index (Phi) is 6.44. The number of amides is 1. The van der Waals surface area contributed by atoms with Gasteiger partial charge in [0.1, 0.15) is 5.75 Å². The molecule has 1 amide bonds. The van der Waals surface area contributed by atoms with Gasteiger partial charge in [0.05, 0.1) is 7.11 Å². The number of carbonyl (C=O) groups excluding carboxylic acids is 2. The van der Waals surface area contributed by atoms with Gasteiger partial charge in [-0.15, -0.1) is 0 Å². The van der Waals surface area contributed by atoms with Crippen LogP contribution in [-0.2, 0) is 20.9 Å². The first-order valence-corrected chi connectivity index (χ1v) is 8.18. The zero-order valence-corrected chi connectivity index (χ0v) is 13.8. The molecule has 1 aromatic rings. The van der Waals surface area contributed by atoms with Crippen LogP contribution in [0.1, 0.15) is 44.6 Å². The van der Waals surface area contributed by atoms with E-state index in [1.165, 1.54) is 12.8 Å². The quantitative estimate of drug-likeness (QED) is 0.785. The molecule has 1 saturated carbocycles. The van der Waals surface area contributed by atoms with Crippen LogP contribution in [-0.4, -0.2) is 25.1 Å². The first-order valence-electron chi connectivity index (χ1n) is 8.18. The van der Waals surface area contributed by atoms with Gasteiger partial charge in [0.15, 0.2) is 6.10 Å². The van der Waals surface area contributed by atoms with Gasteiger partial charge in [-0.25, -0.2) is 0 Å². The Balaban J connectivity index is 1.72. The fourth-order valence-electron chi connectivity index (χ4n) is 2.83. The molecule has 5 nitrogen and oxygen atoms in total. The Labute approximate surface area is 137 Å². The smallest absolute Gasteiger partial charge is 0.306 e. The summed E-state index contributed by atoms with van der Waals surface area (Å²) in [5.74, 6) is 0.649. The van der Waals surface area contributed by atoms with E-state index in [0.29, 0.717) is 18.9 Å². The Bertz CT molecular complexity index is 520. The summed E-state index contributed by atoms with van der Waals surface area (Å²) in [5, 5.41) is 2.78. The van der Waals surface area contributed by atoms with Crippen molar-refractivity contribution in [3.05, 3.63) is 29.8 Å². The average Bonchev–Trinajstić information content (AvgIpc) is 3.05. The molecule has 0 spiro atoms. The van der Waals surface area contributed by atoms with Gasteiger partial charge >= 0.3 is 5.97 Å². The van der Waals surface area contributed by atoms with Gasteiger partial charge in [-0.3, -0.25) is 9.59 Å². The highest BCUT2D eigenvalue weighted by atomic mass is 16.5. The van der Waals surface area contributed by atoms with Gasteiger partial charge in [0.2, 0.25) is 0 Å². The van der Waals surface area contributed by atoms with Crippen LogP contribution in [0.4, 0.5) is 0 Å². The van der Waals surface area contributed by atoms with Crippen LogP contribution < -0.4 is 10.1 Å². The van der Waals surface area contributed by atoms with E-state index >= 15 is 0 Å². The molecule has 1 aromatic carbocycles. The molecule has 2 rings (SSSR count). The topological polar surface area (TPSA) is 64.6 Å². The highest BCUT2D eigenvalue weighted by Crippen LogP contribution is 2.27. The molecule has 0 radical (unpaired) electrons. The summed E-state index contributed by atoms with van der Waals surface area (Å²) >= 11 is 0. The lowest BCUT2D eigenvalue weighted by atomic mass is 10.0. The predicted molar refractivity (Wildman–Crippen MR) is 87.0 cm³/mol. The Morgan fingerprint density at radius 1 is 1.22 bits per heavy atom. The molecule has 126 valence electrons. The summed E-state index contributed by atoms with van der Waals surface area (Å²) in [7, 11) is 1.61.